The van der Waals surface area contributed by atoms with Gasteiger partial charge in [0, 0.05) is 11.4 Å². The van der Waals surface area contributed by atoms with Crippen molar-refractivity contribution in [2.75, 3.05) is 23.8 Å². The number of pyridine rings is 1. The quantitative estimate of drug-likeness (QED) is 0.604. The Morgan fingerprint density at radius 2 is 2.11 bits per heavy atom. The van der Waals surface area contributed by atoms with Gasteiger partial charge in [0.2, 0.25) is 0 Å². The molecule has 1 amide bonds. The molecule has 0 aliphatic heterocycles. The maximum atomic E-state index is 12.5. The van der Waals surface area contributed by atoms with Gasteiger partial charge in [-0.05, 0) is 42.4 Å². The lowest BCUT2D eigenvalue weighted by molar-refractivity contribution is 0.0696. The molecule has 2 aromatic rings. The number of hydrogen-bond donors (Lipinski definition) is 4. The zero-order valence-electron chi connectivity index (χ0n) is 15.3. The number of carbonyl (C=O) groups excluding carboxylic acids is 1. The van der Waals surface area contributed by atoms with Crippen molar-refractivity contribution >= 4 is 33.9 Å². The van der Waals surface area contributed by atoms with E-state index in [1.54, 1.807) is 12.1 Å². The van der Waals surface area contributed by atoms with Crippen molar-refractivity contribution in [2.24, 2.45) is 5.41 Å². The van der Waals surface area contributed by atoms with Crippen LogP contribution in [0.5, 0.6) is 0 Å². The number of carbonyl (C=O) groups is 2. The summed E-state index contributed by atoms with van der Waals surface area (Å²) in [5, 5.41) is 24.5. The third-order valence-electron chi connectivity index (χ3n) is 4.66. The van der Waals surface area contributed by atoms with E-state index in [0.29, 0.717) is 23.7 Å². The van der Waals surface area contributed by atoms with Crippen molar-refractivity contribution in [3.63, 3.8) is 0 Å². The minimum Gasteiger partial charge on any atom is -0.478 e. The number of rotatable bonds is 6. The normalized spacial score (nSPS) is 15.1. The number of aliphatic hydroxyl groups is 1. The molecule has 0 unspecified atom stereocenters. The van der Waals surface area contributed by atoms with Crippen LogP contribution in [0.2, 0.25) is 0 Å². The molecule has 7 nitrogen and oxygen atoms in total. The van der Waals surface area contributed by atoms with Gasteiger partial charge in [-0.15, -0.1) is 11.3 Å². The Labute approximate surface area is 161 Å². The monoisotopic (exact) mass is 389 g/mol. The van der Waals surface area contributed by atoms with E-state index in [2.05, 4.69) is 29.5 Å². The Morgan fingerprint density at radius 1 is 1.33 bits per heavy atom. The summed E-state index contributed by atoms with van der Waals surface area (Å²) >= 11 is 1.35. The summed E-state index contributed by atoms with van der Waals surface area (Å²) in [5.74, 6) is -1.46. The van der Waals surface area contributed by atoms with Gasteiger partial charge < -0.3 is 20.8 Å². The van der Waals surface area contributed by atoms with E-state index in [0.717, 1.165) is 23.3 Å². The topological polar surface area (TPSA) is 112 Å². The molecule has 1 aliphatic carbocycles. The van der Waals surface area contributed by atoms with E-state index in [1.165, 1.54) is 17.5 Å². The van der Waals surface area contributed by atoms with Gasteiger partial charge in [-0.2, -0.15) is 0 Å². The minimum atomic E-state index is -1.01. The fourth-order valence-corrected chi connectivity index (χ4v) is 4.71. The van der Waals surface area contributed by atoms with Gasteiger partial charge in [-0.3, -0.25) is 4.79 Å². The van der Waals surface area contributed by atoms with Gasteiger partial charge in [-0.1, -0.05) is 13.8 Å². The Bertz CT molecular complexity index is 859. The predicted molar refractivity (Wildman–Crippen MR) is 105 cm³/mol. The summed E-state index contributed by atoms with van der Waals surface area (Å²) in [7, 11) is 0. The summed E-state index contributed by atoms with van der Waals surface area (Å²) in [6.07, 6.45) is 3.95. The van der Waals surface area contributed by atoms with Gasteiger partial charge in [0.15, 0.2) is 0 Å². The largest absolute Gasteiger partial charge is 0.478 e. The van der Waals surface area contributed by atoms with Crippen LogP contribution in [0.1, 0.15) is 51.6 Å². The molecular formula is C19H23N3O4S. The number of nitrogens with one attached hydrogen (secondary N) is 2. The van der Waals surface area contributed by atoms with Crippen LogP contribution in [-0.2, 0) is 12.8 Å². The van der Waals surface area contributed by atoms with Gasteiger partial charge in [0.05, 0.1) is 24.1 Å². The molecule has 0 saturated carbocycles. The summed E-state index contributed by atoms with van der Waals surface area (Å²) < 4.78 is 0. The summed E-state index contributed by atoms with van der Waals surface area (Å²) in [6, 6.07) is 3.25. The lowest BCUT2D eigenvalue weighted by Crippen LogP contribution is -2.22. The first-order chi connectivity index (χ1) is 12.8. The van der Waals surface area contributed by atoms with Crippen molar-refractivity contribution in [2.45, 2.75) is 33.1 Å². The number of amides is 1. The highest BCUT2D eigenvalue weighted by Gasteiger charge is 2.32. The molecule has 0 bridgehead atoms. The van der Waals surface area contributed by atoms with E-state index in [4.69, 9.17) is 5.11 Å². The second kappa shape index (κ2) is 7.66. The number of aromatic carboxylic acids is 1. The molecule has 2 heterocycles. The molecule has 8 heteroatoms. The Kier molecular flexibility index (Phi) is 5.48. The second-order valence-electron chi connectivity index (χ2n) is 7.39. The molecule has 0 radical (unpaired) electrons. The third-order valence-corrected chi connectivity index (χ3v) is 5.81. The number of carboxylic acids is 1. The van der Waals surface area contributed by atoms with Crippen LogP contribution in [0.25, 0.3) is 0 Å². The fourth-order valence-electron chi connectivity index (χ4n) is 3.22. The van der Waals surface area contributed by atoms with Crippen LogP contribution >= 0.6 is 11.3 Å². The zero-order valence-corrected chi connectivity index (χ0v) is 16.2. The van der Waals surface area contributed by atoms with Crippen LogP contribution in [0, 0.1) is 5.41 Å². The molecule has 4 N–H and O–H groups in total. The Hall–Kier alpha value is -2.45. The standard InChI is InChI=1S/C19H23N3O4S/c1-19(2)6-5-12-14(9-19)27-17(15(12)18(25)26)22-16(24)13-4-3-11(10-21-13)20-7-8-23/h3-4,10,20,23H,5-9H2,1-2H3,(H,22,24)(H,25,26). The highest BCUT2D eigenvalue weighted by Crippen LogP contribution is 2.43. The molecule has 144 valence electrons. The third kappa shape index (κ3) is 4.28. The average Bonchev–Trinajstić information content (AvgIpc) is 2.96. The van der Waals surface area contributed by atoms with Crippen molar-refractivity contribution in [1.82, 2.24) is 4.98 Å². The van der Waals surface area contributed by atoms with E-state index in [9.17, 15) is 14.7 Å². The fraction of sp³-hybridized carbons (Fsp3) is 0.421. The predicted octanol–water partition coefficient (Wildman–Crippen LogP) is 3.01. The molecule has 0 saturated heterocycles. The molecule has 2 aromatic heterocycles. The first kappa shape index (κ1) is 19.3. The number of fused-ring (bicyclic) bond motifs is 1. The lowest BCUT2D eigenvalue weighted by Gasteiger charge is -2.29. The molecule has 27 heavy (non-hydrogen) atoms. The van der Waals surface area contributed by atoms with Crippen molar-refractivity contribution in [3.8, 4) is 0 Å². The first-order valence-electron chi connectivity index (χ1n) is 8.81. The SMILES string of the molecule is CC1(C)CCc2c(sc(NC(=O)c3ccc(NCCO)cn3)c2C(=O)O)C1. The lowest BCUT2D eigenvalue weighted by atomic mass is 9.77. The van der Waals surface area contributed by atoms with Gasteiger partial charge in [0.1, 0.15) is 10.7 Å². The number of carboxylic acid groups (broad SMARTS) is 1. The highest BCUT2D eigenvalue weighted by molar-refractivity contribution is 7.17. The zero-order chi connectivity index (χ0) is 19.6. The minimum absolute atomic E-state index is 0.0000526. The maximum Gasteiger partial charge on any atom is 0.339 e. The van der Waals surface area contributed by atoms with Crippen molar-refractivity contribution in [3.05, 3.63) is 40.0 Å². The Morgan fingerprint density at radius 3 is 2.74 bits per heavy atom. The van der Waals surface area contributed by atoms with E-state index >= 15 is 0 Å². The van der Waals surface area contributed by atoms with Gasteiger partial charge in [-0.25, -0.2) is 9.78 Å². The molecule has 3 rings (SSSR count). The summed E-state index contributed by atoms with van der Waals surface area (Å²) in [5.41, 5.74) is 2.08. The molecular weight excluding hydrogens is 366 g/mol. The number of anilines is 2. The van der Waals surface area contributed by atoms with Gasteiger partial charge in [0.25, 0.3) is 5.91 Å². The number of hydrogen-bond acceptors (Lipinski definition) is 6. The van der Waals surface area contributed by atoms with Crippen molar-refractivity contribution < 1.29 is 19.8 Å². The summed E-state index contributed by atoms with van der Waals surface area (Å²) in [4.78, 5) is 29.5. The van der Waals surface area contributed by atoms with Crippen LogP contribution < -0.4 is 10.6 Å². The number of aromatic nitrogens is 1. The molecule has 1 aliphatic rings. The molecule has 0 fully saturated rings. The number of thiophene rings is 1. The van der Waals surface area contributed by atoms with Crippen LogP contribution in [-0.4, -0.2) is 40.2 Å². The van der Waals surface area contributed by atoms with Crippen LogP contribution in [0.3, 0.4) is 0 Å². The first-order valence-corrected chi connectivity index (χ1v) is 9.62. The molecule has 0 spiro atoms. The number of nitrogens with zero attached hydrogens (tertiary/aromatic N) is 1. The number of aliphatic hydroxyl groups excluding tert-OH is 1. The van der Waals surface area contributed by atoms with E-state index in [1.807, 2.05) is 0 Å². The smallest absolute Gasteiger partial charge is 0.339 e. The average molecular weight is 389 g/mol. The van der Waals surface area contributed by atoms with E-state index in [-0.39, 0.29) is 23.3 Å². The highest BCUT2D eigenvalue weighted by atomic mass is 32.1. The van der Waals surface area contributed by atoms with Gasteiger partial charge >= 0.3 is 5.97 Å². The van der Waals surface area contributed by atoms with E-state index < -0.39 is 11.9 Å². The van der Waals surface area contributed by atoms with Crippen molar-refractivity contribution in [1.29, 1.82) is 0 Å². The van der Waals surface area contributed by atoms with Crippen LogP contribution in [0.15, 0.2) is 18.3 Å². The second-order valence-corrected chi connectivity index (χ2v) is 8.50. The molecule has 0 atom stereocenters. The molecule has 0 aromatic carbocycles. The van der Waals surface area contributed by atoms with Crippen LogP contribution in [0.4, 0.5) is 10.7 Å². The Balaban J connectivity index is 1.82. The maximum absolute atomic E-state index is 12.5. The summed E-state index contributed by atoms with van der Waals surface area (Å²) in [6.45, 7) is 4.74.